The Balaban J connectivity index is 2.04. The monoisotopic (exact) mass is 415 g/mol. The molecule has 1 saturated heterocycles. The van der Waals surface area contributed by atoms with Crippen LogP contribution < -0.4 is 14.4 Å². The second kappa shape index (κ2) is 10.3. The summed E-state index contributed by atoms with van der Waals surface area (Å²) < 4.78 is 17.2. The maximum atomic E-state index is 10.4. The number of rotatable bonds is 8. The average molecular weight is 415 g/mol. The fraction of sp³-hybridized carbons (Fsp3) is 0.455. The van der Waals surface area contributed by atoms with E-state index in [1.54, 1.807) is 6.92 Å². The molecule has 1 fully saturated rings. The van der Waals surface area contributed by atoms with Crippen LogP contribution in [0.15, 0.2) is 23.3 Å². The molecule has 30 heavy (non-hydrogen) atoms. The molecule has 0 saturated carbocycles. The first-order chi connectivity index (χ1) is 14.6. The Morgan fingerprint density at radius 1 is 1.17 bits per heavy atom. The summed E-state index contributed by atoms with van der Waals surface area (Å²) in [6, 6.07) is 3.79. The van der Waals surface area contributed by atoms with Crippen molar-refractivity contribution in [3.63, 3.8) is 0 Å². The van der Waals surface area contributed by atoms with Crippen LogP contribution in [0.1, 0.15) is 30.7 Å². The molecule has 0 atom stereocenters. The lowest BCUT2D eigenvalue weighted by atomic mass is 10.1. The number of pyridine rings is 1. The van der Waals surface area contributed by atoms with Crippen molar-refractivity contribution in [2.75, 3.05) is 44.4 Å². The van der Waals surface area contributed by atoms with E-state index in [-0.39, 0.29) is 12.4 Å². The third kappa shape index (κ3) is 4.83. The van der Waals surface area contributed by atoms with Crippen molar-refractivity contribution in [3.05, 3.63) is 35.2 Å². The van der Waals surface area contributed by atoms with Gasteiger partial charge in [0, 0.05) is 48.8 Å². The lowest BCUT2D eigenvalue weighted by molar-refractivity contribution is 0.122. The zero-order valence-corrected chi connectivity index (χ0v) is 17.7. The third-order valence-corrected chi connectivity index (χ3v) is 4.85. The van der Waals surface area contributed by atoms with E-state index in [2.05, 4.69) is 14.9 Å². The van der Waals surface area contributed by atoms with Crippen LogP contribution >= 0.6 is 0 Å². The number of hydrogen-bond acceptors (Lipinski definition) is 8. The van der Waals surface area contributed by atoms with E-state index in [9.17, 15) is 10.2 Å². The summed E-state index contributed by atoms with van der Waals surface area (Å²) in [7, 11) is 0. The Bertz CT molecular complexity index is 895. The first-order valence-corrected chi connectivity index (χ1v) is 10.2. The fourth-order valence-corrected chi connectivity index (χ4v) is 3.29. The molecule has 8 heteroatoms. The number of morpholine rings is 1. The van der Waals surface area contributed by atoms with E-state index in [0.717, 1.165) is 18.8 Å². The molecule has 1 aromatic heterocycles. The number of aliphatic imine (C=N–C) groups is 1. The zero-order valence-electron chi connectivity index (χ0n) is 17.7. The van der Waals surface area contributed by atoms with Gasteiger partial charge in [-0.25, -0.2) is 0 Å². The Hall–Kier alpha value is -2.84. The summed E-state index contributed by atoms with van der Waals surface area (Å²) in [6.45, 7) is 9.20. The average Bonchev–Trinajstić information content (AvgIpc) is 2.77. The van der Waals surface area contributed by atoms with Crippen LogP contribution in [0.4, 0.5) is 11.4 Å². The van der Waals surface area contributed by atoms with Crippen molar-refractivity contribution in [1.29, 1.82) is 0 Å². The summed E-state index contributed by atoms with van der Waals surface area (Å²) in [5, 5.41) is 20.0. The molecule has 2 N–H and O–H groups in total. The van der Waals surface area contributed by atoms with Gasteiger partial charge in [-0.3, -0.25) is 9.98 Å². The molecule has 1 aliphatic heterocycles. The summed E-state index contributed by atoms with van der Waals surface area (Å²) >= 11 is 0. The highest BCUT2D eigenvalue weighted by Crippen LogP contribution is 2.41. The van der Waals surface area contributed by atoms with Crippen LogP contribution in [0.2, 0.25) is 0 Å². The summed E-state index contributed by atoms with van der Waals surface area (Å²) in [5.74, 6) is 1.33. The van der Waals surface area contributed by atoms with Gasteiger partial charge in [-0.05, 0) is 20.8 Å². The van der Waals surface area contributed by atoms with E-state index in [1.807, 2.05) is 26.0 Å². The number of aromatic nitrogens is 1. The number of hydrogen-bond donors (Lipinski definition) is 2. The molecular formula is C22H29N3O5. The van der Waals surface area contributed by atoms with Crippen LogP contribution in [0.3, 0.4) is 0 Å². The predicted molar refractivity (Wildman–Crippen MR) is 116 cm³/mol. The third-order valence-electron chi connectivity index (χ3n) is 4.85. The Morgan fingerprint density at radius 3 is 2.53 bits per heavy atom. The molecule has 2 heterocycles. The standard InChI is InChI=1S/C22H29N3O5/c1-4-29-20-11-19(25-6-8-28-9-7-25)21(30-5-2)10-18(20)24-13-17-16(14-26)12-23-15(3)22(17)27/h10-13,26-27H,4-9,14H2,1-3H3. The molecule has 3 rings (SSSR count). The highest BCUT2D eigenvalue weighted by atomic mass is 16.5. The Kier molecular flexibility index (Phi) is 7.48. The molecule has 0 radical (unpaired) electrons. The largest absolute Gasteiger partial charge is 0.505 e. The molecule has 1 aliphatic rings. The molecular weight excluding hydrogens is 386 g/mol. The molecule has 162 valence electrons. The van der Waals surface area contributed by atoms with Crippen LogP contribution in [0, 0.1) is 6.92 Å². The van der Waals surface area contributed by atoms with Gasteiger partial charge >= 0.3 is 0 Å². The lowest BCUT2D eigenvalue weighted by Gasteiger charge is -2.30. The van der Waals surface area contributed by atoms with E-state index in [4.69, 9.17) is 14.2 Å². The quantitative estimate of drug-likeness (QED) is 0.640. The number of benzene rings is 1. The first kappa shape index (κ1) is 21.9. The maximum absolute atomic E-state index is 10.4. The number of anilines is 1. The second-order valence-corrected chi connectivity index (χ2v) is 6.80. The van der Waals surface area contributed by atoms with Crippen LogP contribution in [-0.2, 0) is 11.3 Å². The van der Waals surface area contributed by atoms with Crippen molar-refractivity contribution in [1.82, 2.24) is 4.98 Å². The van der Waals surface area contributed by atoms with E-state index < -0.39 is 0 Å². The number of ether oxygens (including phenoxy) is 3. The fourth-order valence-electron chi connectivity index (χ4n) is 3.29. The van der Waals surface area contributed by atoms with Gasteiger partial charge in [-0.1, -0.05) is 0 Å². The van der Waals surface area contributed by atoms with Crippen LogP contribution in [0.5, 0.6) is 17.2 Å². The summed E-state index contributed by atoms with van der Waals surface area (Å²) in [4.78, 5) is 10.9. The van der Waals surface area contributed by atoms with Crippen molar-refractivity contribution < 1.29 is 24.4 Å². The van der Waals surface area contributed by atoms with Crippen molar-refractivity contribution in [2.24, 2.45) is 4.99 Å². The highest BCUT2D eigenvalue weighted by molar-refractivity contribution is 5.88. The number of aliphatic hydroxyl groups is 1. The first-order valence-electron chi connectivity index (χ1n) is 10.2. The van der Waals surface area contributed by atoms with Gasteiger partial charge in [0.05, 0.1) is 44.4 Å². The van der Waals surface area contributed by atoms with E-state index in [1.165, 1.54) is 12.4 Å². The van der Waals surface area contributed by atoms with Gasteiger partial charge in [0.2, 0.25) is 0 Å². The van der Waals surface area contributed by atoms with Gasteiger partial charge < -0.3 is 29.3 Å². The molecule has 0 amide bonds. The Morgan fingerprint density at radius 2 is 1.87 bits per heavy atom. The van der Waals surface area contributed by atoms with E-state index in [0.29, 0.717) is 60.4 Å². The minimum Gasteiger partial charge on any atom is -0.505 e. The minimum atomic E-state index is -0.249. The number of aliphatic hydroxyl groups excluding tert-OH is 1. The van der Waals surface area contributed by atoms with Crippen molar-refractivity contribution in [2.45, 2.75) is 27.4 Å². The summed E-state index contributed by atoms with van der Waals surface area (Å²) in [6.07, 6.45) is 3.06. The van der Waals surface area contributed by atoms with Gasteiger partial charge in [-0.2, -0.15) is 0 Å². The van der Waals surface area contributed by atoms with Gasteiger partial charge in [0.15, 0.2) is 0 Å². The zero-order chi connectivity index (χ0) is 21.5. The van der Waals surface area contributed by atoms with Crippen molar-refractivity contribution in [3.8, 4) is 17.2 Å². The SMILES string of the molecule is CCOc1cc(N2CCOCC2)c(OCC)cc1N=Cc1c(CO)cnc(C)c1O. The second-order valence-electron chi connectivity index (χ2n) is 6.80. The van der Waals surface area contributed by atoms with E-state index >= 15 is 0 Å². The molecule has 0 bridgehead atoms. The maximum Gasteiger partial charge on any atom is 0.147 e. The smallest absolute Gasteiger partial charge is 0.147 e. The Labute approximate surface area is 176 Å². The van der Waals surface area contributed by atoms with Gasteiger partial charge in [0.25, 0.3) is 0 Å². The molecule has 0 aliphatic carbocycles. The highest BCUT2D eigenvalue weighted by Gasteiger charge is 2.19. The number of aromatic hydroxyl groups is 1. The normalized spacial score (nSPS) is 14.3. The van der Waals surface area contributed by atoms with Crippen LogP contribution in [-0.4, -0.2) is 60.9 Å². The van der Waals surface area contributed by atoms with Gasteiger partial charge in [0.1, 0.15) is 22.9 Å². The van der Waals surface area contributed by atoms with Gasteiger partial charge in [-0.15, -0.1) is 0 Å². The topological polar surface area (TPSA) is 96.6 Å². The molecule has 1 aromatic carbocycles. The molecule has 0 spiro atoms. The van der Waals surface area contributed by atoms with Crippen LogP contribution in [0.25, 0.3) is 0 Å². The molecule has 8 nitrogen and oxygen atoms in total. The predicted octanol–water partition coefficient (Wildman–Crippen LogP) is 2.97. The lowest BCUT2D eigenvalue weighted by Crippen LogP contribution is -2.36. The number of aryl methyl sites for hydroxylation is 1. The summed E-state index contributed by atoms with van der Waals surface area (Å²) in [5.41, 5.74) is 2.92. The van der Waals surface area contributed by atoms with Crippen molar-refractivity contribution >= 4 is 17.6 Å². The molecule has 0 unspecified atom stereocenters. The number of nitrogens with zero attached hydrogens (tertiary/aromatic N) is 3. The molecule has 2 aromatic rings. The minimum absolute atomic E-state index is 0.00164.